The van der Waals surface area contributed by atoms with E-state index in [1.165, 1.54) is 19.1 Å². The summed E-state index contributed by atoms with van der Waals surface area (Å²) in [6.07, 6.45) is 0.929. The van der Waals surface area contributed by atoms with Crippen molar-refractivity contribution in [2.45, 2.75) is 25.1 Å². The van der Waals surface area contributed by atoms with Crippen LogP contribution in [0.4, 0.5) is 0 Å². The number of carbonyl (C=O) groups excluding carboxylic acids is 1. The summed E-state index contributed by atoms with van der Waals surface area (Å²) in [5.41, 5.74) is 6.25. The molecule has 1 aromatic rings. The number of rotatable bonds is 12. The van der Waals surface area contributed by atoms with Crippen LogP contribution in [0.15, 0.2) is 35.3 Å². The van der Waals surface area contributed by atoms with Crippen molar-refractivity contribution < 1.29 is 27.9 Å². The third kappa shape index (κ3) is 7.88. The first-order chi connectivity index (χ1) is 14.6. The van der Waals surface area contributed by atoms with Gasteiger partial charge >= 0.3 is 5.97 Å². The number of benzene rings is 1. The number of carboxylic acids is 1. The van der Waals surface area contributed by atoms with Gasteiger partial charge in [-0.1, -0.05) is 30.3 Å². The molecule has 0 spiro atoms. The van der Waals surface area contributed by atoms with Gasteiger partial charge in [-0.15, -0.1) is 0 Å². The number of guanidine groups is 1. The van der Waals surface area contributed by atoms with E-state index in [1.807, 2.05) is 4.83 Å². The molecular formula is C18H28N6O6S. The number of aliphatic imine (C=N–C) groups is 1. The lowest BCUT2D eigenvalue weighted by Crippen LogP contribution is -2.59. The number of nitrogens with zero attached hydrogens (tertiary/aromatic N) is 1. The number of hydrogen-bond donors (Lipinski definition) is 6. The first kappa shape index (κ1) is 24.7. The normalized spacial score (nSPS) is 17.0. The largest absolute Gasteiger partial charge is 0.480 e. The minimum atomic E-state index is -4.23. The van der Waals surface area contributed by atoms with Crippen molar-refractivity contribution in [2.75, 3.05) is 32.0 Å². The van der Waals surface area contributed by atoms with Crippen molar-refractivity contribution in [3.8, 4) is 0 Å². The Labute approximate surface area is 180 Å². The van der Waals surface area contributed by atoms with Crippen molar-refractivity contribution in [3.63, 3.8) is 0 Å². The molecular weight excluding hydrogens is 428 g/mol. The minimum Gasteiger partial charge on any atom is -0.480 e. The molecule has 31 heavy (non-hydrogen) atoms. The molecule has 2 atom stereocenters. The molecule has 0 fully saturated rings. The highest BCUT2D eigenvalue weighted by atomic mass is 32.2. The number of nitrogens with two attached hydrogens (primary N) is 1. The average Bonchev–Trinajstić information content (AvgIpc) is 2.75. The Morgan fingerprint density at radius 3 is 2.68 bits per heavy atom. The van der Waals surface area contributed by atoms with Crippen LogP contribution in [-0.2, 0) is 19.6 Å². The van der Waals surface area contributed by atoms with Crippen LogP contribution >= 0.6 is 0 Å². The number of hydrazine groups is 1. The van der Waals surface area contributed by atoms with Gasteiger partial charge < -0.3 is 20.5 Å². The maximum atomic E-state index is 13.0. The molecule has 0 saturated carbocycles. The SMILES string of the molecule is C[C@H](NNS(=O)(=O)CC(N)(OCCNC1=NCCCN1)C(=O)c1ccccc1)C(=O)O. The molecule has 1 unspecified atom stereocenters. The van der Waals surface area contributed by atoms with Gasteiger partial charge in [0.1, 0.15) is 11.8 Å². The molecule has 7 N–H and O–H groups in total. The van der Waals surface area contributed by atoms with E-state index in [-0.39, 0.29) is 18.7 Å². The van der Waals surface area contributed by atoms with E-state index in [9.17, 15) is 18.0 Å². The number of ether oxygens (including phenoxy) is 1. The molecule has 0 bridgehead atoms. The second-order valence-corrected chi connectivity index (χ2v) is 8.66. The van der Waals surface area contributed by atoms with E-state index >= 15 is 0 Å². The molecule has 1 aromatic carbocycles. The van der Waals surface area contributed by atoms with Crippen LogP contribution in [0.2, 0.25) is 0 Å². The van der Waals surface area contributed by atoms with E-state index in [4.69, 9.17) is 15.6 Å². The lowest BCUT2D eigenvalue weighted by molar-refractivity contribution is -0.139. The molecule has 12 nitrogen and oxygen atoms in total. The van der Waals surface area contributed by atoms with Gasteiger partial charge in [0, 0.05) is 25.2 Å². The van der Waals surface area contributed by atoms with Crippen molar-refractivity contribution in [1.29, 1.82) is 0 Å². The number of carbonyl (C=O) groups is 2. The fourth-order valence-corrected chi connectivity index (χ4v) is 3.83. The highest BCUT2D eigenvalue weighted by Crippen LogP contribution is 2.15. The third-order valence-corrected chi connectivity index (χ3v) is 5.52. The Kier molecular flexibility index (Phi) is 8.88. The molecule has 1 heterocycles. The zero-order valence-corrected chi connectivity index (χ0v) is 17.9. The number of aliphatic carboxylic acids is 1. The quantitative estimate of drug-likeness (QED) is 0.0924. The van der Waals surface area contributed by atoms with E-state index in [0.717, 1.165) is 13.0 Å². The molecule has 1 aliphatic heterocycles. The molecule has 0 amide bonds. The summed E-state index contributed by atoms with van der Waals surface area (Å²) >= 11 is 0. The first-order valence-corrected chi connectivity index (χ1v) is 11.3. The van der Waals surface area contributed by atoms with Crippen LogP contribution in [0, 0.1) is 0 Å². The zero-order valence-electron chi connectivity index (χ0n) is 17.1. The number of Topliss-reactive ketones (excluding diaryl/α,β-unsaturated/α-hetero) is 1. The molecule has 0 aliphatic carbocycles. The van der Waals surface area contributed by atoms with Crippen LogP contribution in [0.5, 0.6) is 0 Å². The second kappa shape index (κ2) is 11.2. The molecule has 2 rings (SSSR count). The predicted molar refractivity (Wildman–Crippen MR) is 114 cm³/mol. The van der Waals surface area contributed by atoms with Crippen LogP contribution in [-0.4, -0.2) is 75.0 Å². The highest BCUT2D eigenvalue weighted by Gasteiger charge is 2.41. The van der Waals surface area contributed by atoms with Crippen molar-refractivity contribution in [3.05, 3.63) is 35.9 Å². The summed E-state index contributed by atoms with van der Waals surface area (Å²) in [7, 11) is -4.23. The maximum absolute atomic E-state index is 13.0. The summed E-state index contributed by atoms with van der Waals surface area (Å²) in [4.78, 5) is 30.0. The summed E-state index contributed by atoms with van der Waals surface area (Å²) in [5, 5.41) is 14.9. The van der Waals surface area contributed by atoms with E-state index in [2.05, 4.69) is 21.1 Å². The molecule has 0 radical (unpaired) electrons. The van der Waals surface area contributed by atoms with Gasteiger partial charge in [-0.25, -0.2) is 13.8 Å². The summed E-state index contributed by atoms with van der Waals surface area (Å²) < 4.78 is 30.5. The lowest BCUT2D eigenvalue weighted by atomic mass is 10.0. The van der Waals surface area contributed by atoms with Crippen molar-refractivity contribution in [1.82, 2.24) is 20.9 Å². The van der Waals surface area contributed by atoms with Gasteiger partial charge in [0.25, 0.3) is 0 Å². The Morgan fingerprint density at radius 1 is 1.35 bits per heavy atom. The number of ketones is 1. The van der Waals surface area contributed by atoms with Crippen molar-refractivity contribution >= 4 is 27.7 Å². The minimum absolute atomic E-state index is 0.0791. The van der Waals surface area contributed by atoms with Crippen molar-refractivity contribution in [2.24, 2.45) is 10.7 Å². The van der Waals surface area contributed by atoms with E-state index in [0.29, 0.717) is 12.5 Å². The number of nitrogens with one attached hydrogen (secondary N) is 4. The topological polar surface area (TPSA) is 184 Å². The van der Waals surface area contributed by atoms with Crippen LogP contribution in [0.3, 0.4) is 0 Å². The number of sulfonamides is 1. The summed E-state index contributed by atoms with van der Waals surface area (Å²) in [5.74, 6) is -2.32. The smallest absolute Gasteiger partial charge is 0.321 e. The first-order valence-electron chi connectivity index (χ1n) is 9.66. The van der Waals surface area contributed by atoms with Gasteiger partial charge in [-0.2, -0.15) is 4.83 Å². The predicted octanol–water partition coefficient (Wildman–Crippen LogP) is -1.62. The summed E-state index contributed by atoms with van der Waals surface area (Å²) in [6, 6.07) is 6.73. The van der Waals surface area contributed by atoms with E-state index in [1.54, 1.807) is 18.2 Å². The monoisotopic (exact) mass is 456 g/mol. The van der Waals surface area contributed by atoms with Gasteiger partial charge in [0.15, 0.2) is 11.7 Å². The Morgan fingerprint density at radius 2 is 2.06 bits per heavy atom. The molecule has 13 heteroatoms. The lowest BCUT2D eigenvalue weighted by Gasteiger charge is -2.28. The van der Waals surface area contributed by atoms with Gasteiger partial charge in [-0.3, -0.25) is 20.3 Å². The summed E-state index contributed by atoms with van der Waals surface area (Å²) in [6.45, 7) is 2.87. The Bertz CT molecular complexity index is 894. The standard InChI is InChI=1S/C18H28N6O6S/c1-13(16(26)27)23-24-31(28,29)12-18(19,15(25)14-6-3-2-4-7-14)30-11-10-22-17-20-8-5-9-21-17/h2-4,6-7,13,23-24H,5,8-12,19H2,1H3,(H,26,27)(H2,20,21,22)/t13-,18?/m0/s1. The van der Waals surface area contributed by atoms with Crippen LogP contribution in [0.1, 0.15) is 23.7 Å². The number of hydrogen-bond acceptors (Lipinski definition) is 10. The molecule has 1 aliphatic rings. The Hall–Kier alpha value is -2.58. The number of carboxylic acid groups (broad SMARTS) is 1. The van der Waals surface area contributed by atoms with Crippen LogP contribution < -0.4 is 26.6 Å². The zero-order chi connectivity index (χ0) is 22.9. The third-order valence-electron chi connectivity index (χ3n) is 4.28. The van der Waals surface area contributed by atoms with Gasteiger partial charge in [0.2, 0.25) is 15.8 Å². The van der Waals surface area contributed by atoms with Gasteiger partial charge in [0.05, 0.1) is 6.61 Å². The van der Waals surface area contributed by atoms with Crippen LogP contribution in [0.25, 0.3) is 0 Å². The highest BCUT2D eigenvalue weighted by molar-refractivity contribution is 7.89. The fraction of sp³-hybridized carbons (Fsp3) is 0.500. The molecule has 0 saturated heterocycles. The fourth-order valence-electron chi connectivity index (χ4n) is 2.62. The average molecular weight is 457 g/mol. The van der Waals surface area contributed by atoms with E-state index < -0.39 is 39.3 Å². The van der Waals surface area contributed by atoms with Gasteiger partial charge in [-0.05, 0) is 13.3 Å². The molecule has 172 valence electrons. The molecule has 0 aromatic heterocycles. The Balaban J connectivity index is 2.08. The maximum Gasteiger partial charge on any atom is 0.321 e. The second-order valence-electron chi connectivity index (χ2n) is 6.94.